The summed E-state index contributed by atoms with van der Waals surface area (Å²) in [7, 11) is 0. The summed E-state index contributed by atoms with van der Waals surface area (Å²) in [5.74, 6) is 0.412. The first-order valence-corrected chi connectivity index (χ1v) is 7.14. The quantitative estimate of drug-likeness (QED) is 0.787. The van der Waals surface area contributed by atoms with Crippen LogP contribution in [0, 0.1) is 11.3 Å². The third-order valence-electron chi connectivity index (χ3n) is 4.85. The average Bonchev–Trinajstić information content (AvgIpc) is 2.53. The molecule has 2 saturated carbocycles. The van der Waals surface area contributed by atoms with Gasteiger partial charge in [0.15, 0.2) is 0 Å². The summed E-state index contributed by atoms with van der Waals surface area (Å²) in [5, 5.41) is 10.3. The van der Waals surface area contributed by atoms with Crippen molar-refractivity contribution in [2.24, 2.45) is 11.3 Å². The van der Waals surface area contributed by atoms with Crippen molar-refractivity contribution in [3.8, 4) is 0 Å². The Morgan fingerprint density at radius 1 is 1.44 bits per heavy atom. The number of aliphatic hydroxyl groups is 1. The second kappa shape index (κ2) is 4.22. The Kier molecular flexibility index (Phi) is 3.25. The lowest BCUT2D eigenvalue weighted by Crippen LogP contribution is -2.47. The lowest BCUT2D eigenvalue weighted by atomic mass is 9.76. The molecule has 0 heterocycles. The first-order chi connectivity index (χ1) is 8.18. The standard InChI is InChI=1S/C15H26O3/c1-5-13(2,3)12(16)18-15-7-6-11(9-15)8-14(4,17)10-15/h11,17H,5-10H2,1-4H3/t11-,14?,15?/m0/s1. The van der Waals surface area contributed by atoms with E-state index >= 15 is 0 Å². The van der Waals surface area contributed by atoms with Gasteiger partial charge in [0.2, 0.25) is 0 Å². The van der Waals surface area contributed by atoms with E-state index < -0.39 is 16.6 Å². The van der Waals surface area contributed by atoms with Gasteiger partial charge in [-0.1, -0.05) is 6.92 Å². The summed E-state index contributed by atoms with van der Waals surface area (Å²) in [4.78, 5) is 12.3. The van der Waals surface area contributed by atoms with Gasteiger partial charge in [-0.25, -0.2) is 0 Å². The average molecular weight is 254 g/mol. The molecule has 1 N–H and O–H groups in total. The third-order valence-corrected chi connectivity index (χ3v) is 4.85. The van der Waals surface area contributed by atoms with Crippen molar-refractivity contribution in [2.45, 2.75) is 77.4 Å². The van der Waals surface area contributed by atoms with Crippen LogP contribution in [0.15, 0.2) is 0 Å². The summed E-state index contributed by atoms with van der Waals surface area (Å²) in [6.07, 6.45) is 5.16. The van der Waals surface area contributed by atoms with E-state index in [2.05, 4.69) is 0 Å². The Labute approximate surface area is 110 Å². The monoisotopic (exact) mass is 254 g/mol. The van der Waals surface area contributed by atoms with Crippen molar-refractivity contribution in [2.75, 3.05) is 0 Å². The molecule has 0 spiro atoms. The molecule has 0 aromatic heterocycles. The molecule has 0 aromatic carbocycles. The molecule has 0 aromatic rings. The normalized spacial score (nSPS) is 39.7. The van der Waals surface area contributed by atoms with E-state index in [4.69, 9.17) is 4.74 Å². The molecule has 2 rings (SSSR count). The maximum absolute atomic E-state index is 12.3. The number of hydrogen-bond donors (Lipinski definition) is 1. The molecule has 0 amide bonds. The minimum Gasteiger partial charge on any atom is -0.459 e. The molecule has 0 radical (unpaired) electrons. The van der Waals surface area contributed by atoms with Gasteiger partial charge in [-0.15, -0.1) is 0 Å². The van der Waals surface area contributed by atoms with Crippen molar-refractivity contribution in [1.82, 2.24) is 0 Å². The van der Waals surface area contributed by atoms with Gasteiger partial charge in [0.1, 0.15) is 5.60 Å². The topological polar surface area (TPSA) is 46.5 Å². The molecule has 0 aliphatic heterocycles. The molecule has 3 atom stereocenters. The number of hydrogen-bond acceptors (Lipinski definition) is 3. The first-order valence-electron chi connectivity index (χ1n) is 7.14. The van der Waals surface area contributed by atoms with Crippen LogP contribution in [-0.4, -0.2) is 22.3 Å². The SMILES string of the molecule is CCC(C)(C)C(=O)OC12CC[C@@H](CC(C)(O)C1)C2. The van der Waals surface area contributed by atoms with E-state index in [9.17, 15) is 9.90 Å². The van der Waals surface area contributed by atoms with Gasteiger partial charge in [0, 0.05) is 6.42 Å². The molecule has 2 bridgehead atoms. The molecule has 2 unspecified atom stereocenters. The van der Waals surface area contributed by atoms with Crippen molar-refractivity contribution in [3.63, 3.8) is 0 Å². The highest BCUT2D eigenvalue weighted by Gasteiger charge is 2.53. The Balaban J connectivity index is 2.11. The molecular formula is C15H26O3. The van der Waals surface area contributed by atoms with E-state index in [0.717, 1.165) is 32.1 Å². The summed E-state index contributed by atoms with van der Waals surface area (Å²) in [5.41, 5.74) is -1.48. The second-order valence-corrected chi connectivity index (χ2v) is 7.30. The van der Waals surface area contributed by atoms with Crippen LogP contribution >= 0.6 is 0 Å². The van der Waals surface area contributed by atoms with Gasteiger partial charge >= 0.3 is 5.97 Å². The lowest BCUT2D eigenvalue weighted by Gasteiger charge is -2.42. The summed E-state index contributed by atoms with van der Waals surface area (Å²) in [6, 6.07) is 0. The predicted octanol–water partition coefficient (Wildman–Crippen LogP) is 3.05. The zero-order valence-corrected chi connectivity index (χ0v) is 12.1. The highest BCUT2D eigenvalue weighted by Crippen LogP contribution is 2.51. The van der Waals surface area contributed by atoms with Crippen molar-refractivity contribution in [3.05, 3.63) is 0 Å². The molecule has 104 valence electrons. The molecule has 0 saturated heterocycles. The molecule has 2 aliphatic carbocycles. The lowest BCUT2D eigenvalue weighted by molar-refractivity contribution is -0.180. The van der Waals surface area contributed by atoms with E-state index in [0.29, 0.717) is 12.3 Å². The fraction of sp³-hybridized carbons (Fsp3) is 0.933. The highest BCUT2D eigenvalue weighted by molar-refractivity contribution is 5.76. The van der Waals surface area contributed by atoms with Gasteiger partial charge < -0.3 is 9.84 Å². The smallest absolute Gasteiger partial charge is 0.312 e. The van der Waals surface area contributed by atoms with Crippen LogP contribution in [0.5, 0.6) is 0 Å². The van der Waals surface area contributed by atoms with Crippen LogP contribution in [0.4, 0.5) is 0 Å². The van der Waals surface area contributed by atoms with Gasteiger partial charge in [0.25, 0.3) is 0 Å². The number of carbonyl (C=O) groups excluding carboxylic acids is 1. The number of carbonyl (C=O) groups is 1. The molecule has 3 nitrogen and oxygen atoms in total. The fourth-order valence-electron chi connectivity index (χ4n) is 3.53. The van der Waals surface area contributed by atoms with Gasteiger partial charge in [-0.3, -0.25) is 4.79 Å². The van der Waals surface area contributed by atoms with Crippen LogP contribution in [0.3, 0.4) is 0 Å². The third kappa shape index (κ3) is 2.56. The zero-order chi connectivity index (χ0) is 13.6. The predicted molar refractivity (Wildman–Crippen MR) is 70.1 cm³/mol. The van der Waals surface area contributed by atoms with Gasteiger partial charge in [-0.05, 0) is 58.8 Å². The summed E-state index contributed by atoms with van der Waals surface area (Å²) < 4.78 is 5.86. The molecule has 18 heavy (non-hydrogen) atoms. The zero-order valence-electron chi connectivity index (χ0n) is 12.1. The first kappa shape index (κ1) is 13.9. The summed E-state index contributed by atoms with van der Waals surface area (Å²) >= 11 is 0. The minimum atomic E-state index is -0.671. The maximum atomic E-state index is 12.3. The van der Waals surface area contributed by atoms with Crippen LogP contribution < -0.4 is 0 Å². The number of esters is 1. The molecule has 2 aliphatic rings. The number of rotatable bonds is 3. The van der Waals surface area contributed by atoms with Crippen molar-refractivity contribution < 1.29 is 14.6 Å². The van der Waals surface area contributed by atoms with Gasteiger partial charge in [0.05, 0.1) is 11.0 Å². The molecule has 2 fully saturated rings. The molecule has 3 heteroatoms. The Morgan fingerprint density at radius 3 is 2.72 bits per heavy atom. The van der Waals surface area contributed by atoms with Crippen molar-refractivity contribution >= 4 is 5.97 Å². The van der Waals surface area contributed by atoms with E-state index in [1.807, 2.05) is 27.7 Å². The van der Waals surface area contributed by atoms with Crippen LogP contribution in [0.25, 0.3) is 0 Å². The minimum absolute atomic E-state index is 0.108. The van der Waals surface area contributed by atoms with E-state index in [-0.39, 0.29) is 5.97 Å². The fourth-order valence-corrected chi connectivity index (χ4v) is 3.53. The highest BCUT2D eigenvalue weighted by atomic mass is 16.6. The Morgan fingerprint density at radius 2 is 2.11 bits per heavy atom. The number of ether oxygens (including phenoxy) is 1. The van der Waals surface area contributed by atoms with E-state index in [1.165, 1.54) is 0 Å². The summed E-state index contributed by atoms with van der Waals surface area (Å²) in [6.45, 7) is 7.74. The Bertz CT molecular complexity index is 346. The van der Waals surface area contributed by atoms with Crippen LogP contribution in [0.1, 0.15) is 66.2 Å². The van der Waals surface area contributed by atoms with Crippen LogP contribution in [0.2, 0.25) is 0 Å². The largest absolute Gasteiger partial charge is 0.459 e. The van der Waals surface area contributed by atoms with Crippen molar-refractivity contribution in [1.29, 1.82) is 0 Å². The van der Waals surface area contributed by atoms with Crippen LogP contribution in [-0.2, 0) is 9.53 Å². The maximum Gasteiger partial charge on any atom is 0.312 e. The Hall–Kier alpha value is -0.570. The second-order valence-electron chi connectivity index (χ2n) is 7.30. The molecular weight excluding hydrogens is 228 g/mol. The van der Waals surface area contributed by atoms with E-state index in [1.54, 1.807) is 0 Å². The van der Waals surface area contributed by atoms with Gasteiger partial charge in [-0.2, -0.15) is 0 Å². The number of fused-ring (bicyclic) bond motifs is 2.